The standard InChI is InChI=1S/C14H16N2OS.C2H6/c1-8-5-11(10(3)15-18)12-7-9(2)16(4)14(17)13(12)6-8;1-2/h5-7,18H,1-4H3;1-2H3/b15-10+;. The number of aromatic nitrogens is 1. The van der Waals surface area contributed by atoms with Gasteiger partial charge >= 0.3 is 0 Å². The fourth-order valence-electron chi connectivity index (χ4n) is 2.13. The Kier molecular flexibility index (Phi) is 5.57. The van der Waals surface area contributed by atoms with E-state index >= 15 is 0 Å². The van der Waals surface area contributed by atoms with Crippen LogP contribution in [0.1, 0.15) is 37.6 Å². The number of hydrogen-bond acceptors (Lipinski definition) is 3. The van der Waals surface area contributed by atoms with Gasteiger partial charge in [-0.15, -0.1) is 0 Å². The number of fused-ring (bicyclic) bond motifs is 1. The fraction of sp³-hybridized carbons (Fsp3) is 0.375. The Morgan fingerprint density at radius 2 is 1.75 bits per heavy atom. The van der Waals surface area contributed by atoms with Crippen molar-refractivity contribution in [1.29, 1.82) is 0 Å². The summed E-state index contributed by atoms with van der Waals surface area (Å²) in [6.45, 7) is 9.81. The van der Waals surface area contributed by atoms with Crippen LogP contribution in [0.25, 0.3) is 10.8 Å². The summed E-state index contributed by atoms with van der Waals surface area (Å²) < 4.78 is 5.60. The summed E-state index contributed by atoms with van der Waals surface area (Å²) in [6, 6.07) is 5.98. The molecule has 1 heterocycles. The van der Waals surface area contributed by atoms with Gasteiger partial charge in [0, 0.05) is 23.7 Å². The van der Waals surface area contributed by atoms with Gasteiger partial charge in [-0.25, -0.2) is 4.40 Å². The molecule has 4 heteroatoms. The van der Waals surface area contributed by atoms with Crippen molar-refractivity contribution in [3.8, 4) is 0 Å². The Morgan fingerprint density at radius 1 is 1.15 bits per heavy atom. The van der Waals surface area contributed by atoms with Gasteiger partial charge in [0.25, 0.3) is 5.56 Å². The van der Waals surface area contributed by atoms with Crippen LogP contribution in [0.2, 0.25) is 0 Å². The van der Waals surface area contributed by atoms with Gasteiger partial charge in [-0.05, 0) is 62.7 Å². The third-order valence-corrected chi connectivity index (χ3v) is 3.58. The molecular formula is C16H22N2OS. The molecule has 0 saturated heterocycles. The maximum atomic E-state index is 12.3. The van der Waals surface area contributed by atoms with Crippen molar-refractivity contribution in [3.63, 3.8) is 0 Å². The van der Waals surface area contributed by atoms with Crippen LogP contribution in [0.5, 0.6) is 0 Å². The number of aryl methyl sites for hydroxylation is 2. The van der Waals surface area contributed by atoms with E-state index < -0.39 is 0 Å². The first-order valence-electron chi connectivity index (χ1n) is 6.75. The molecule has 2 aromatic rings. The van der Waals surface area contributed by atoms with Crippen molar-refractivity contribution < 1.29 is 0 Å². The highest BCUT2D eigenvalue weighted by molar-refractivity contribution is 7.79. The third kappa shape index (κ3) is 2.96. The second kappa shape index (κ2) is 6.75. The zero-order chi connectivity index (χ0) is 15.4. The summed E-state index contributed by atoms with van der Waals surface area (Å²) in [7, 11) is 1.79. The van der Waals surface area contributed by atoms with Gasteiger partial charge in [-0.2, -0.15) is 0 Å². The molecule has 0 radical (unpaired) electrons. The summed E-state index contributed by atoms with van der Waals surface area (Å²) >= 11 is 3.96. The molecular weight excluding hydrogens is 268 g/mol. The number of nitrogens with zero attached hydrogens (tertiary/aromatic N) is 2. The minimum absolute atomic E-state index is 0.0296. The molecule has 1 aromatic heterocycles. The Morgan fingerprint density at radius 3 is 2.30 bits per heavy atom. The van der Waals surface area contributed by atoms with Gasteiger partial charge in [0.2, 0.25) is 0 Å². The van der Waals surface area contributed by atoms with E-state index in [1.807, 2.05) is 52.8 Å². The molecule has 0 aliphatic rings. The molecule has 0 spiro atoms. The van der Waals surface area contributed by atoms with Gasteiger partial charge < -0.3 is 4.57 Å². The average Bonchev–Trinajstić information content (AvgIpc) is 2.46. The Labute approximate surface area is 125 Å². The molecule has 2 rings (SSSR count). The predicted molar refractivity (Wildman–Crippen MR) is 91.2 cm³/mol. The summed E-state index contributed by atoms with van der Waals surface area (Å²) in [4.78, 5) is 12.3. The second-order valence-corrected chi connectivity index (χ2v) is 4.81. The molecule has 3 nitrogen and oxygen atoms in total. The molecule has 0 fully saturated rings. The van der Waals surface area contributed by atoms with E-state index in [4.69, 9.17) is 0 Å². The van der Waals surface area contributed by atoms with Crippen LogP contribution in [0.3, 0.4) is 0 Å². The Hall–Kier alpha value is -1.55. The van der Waals surface area contributed by atoms with Crippen LogP contribution in [-0.4, -0.2) is 10.3 Å². The monoisotopic (exact) mass is 290 g/mol. The van der Waals surface area contributed by atoms with Crippen molar-refractivity contribution in [1.82, 2.24) is 4.57 Å². The quantitative estimate of drug-likeness (QED) is 0.628. The topological polar surface area (TPSA) is 34.4 Å². The first-order valence-corrected chi connectivity index (χ1v) is 7.15. The maximum Gasteiger partial charge on any atom is 0.258 e. The van der Waals surface area contributed by atoms with E-state index in [-0.39, 0.29) is 5.56 Å². The van der Waals surface area contributed by atoms with Crippen LogP contribution in [-0.2, 0) is 7.05 Å². The number of thiol groups is 1. The van der Waals surface area contributed by atoms with E-state index in [2.05, 4.69) is 17.2 Å². The van der Waals surface area contributed by atoms with Crippen molar-refractivity contribution in [2.45, 2.75) is 34.6 Å². The number of pyridine rings is 1. The van der Waals surface area contributed by atoms with Crippen LogP contribution >= 0.6 is 12.8 Å². The molecule has 0 unspecified atom stereocenters. The minimum atomic E-state index is 0.0296. The summed E-state index contributed by atoms with van der Waals surface area (Å²) in [5.41, 5.74) is 3.81. The van der Waals surface area contributed by atoms with Crippen molar-refractivity contribution in [2.75, 3.05) is 0 Å². The molecule has 0 atom stereocenters. The van der Waals surface area contributed by atoms with Crippen molar-refractivity contribution in [3.05, 3.63) is 45.4 Å². The lowest BCUT2D eigenvalue weighted by Crippen LogP contribution is -2.19. The SMILES string of the molecule is C/C(=N\S)c1cc(C)cc2c(=O)n(C)c(C)cc12.CC. The normalized spacial score (nSPS) is 11.2. The van der Waals surface area contributed by atoms with Crippen LogP contribution < -0.4 is 5.56 Å². The van der Waals surface area contributed by atoms with E-state index in [1.54, 1.807) is 11.6 Å². The molecule has 0 amide bonds. The van der Waals surface area contributed by atoms with Gasteiger partial charge in [-0.3, -0.25) is 4.79 Å². The molecule has 20 heavy (non-hydrogen) atoms. The van der Waals surface area contributed by atoms with E-state index in [9.17, 15) is 4.79 Å². The van der Waals surface area contributed by atoms with Crippen LogP contribution in [0.15, 0.2) is 27.4 Å². The lowest BCUT2D eigenvalue weighted by Gasteiger charge is -2.11. The molecule has 1 aromatic carbocycles. The Bertz CT molecular complexity index is 714. The number of benzene rings is 1. The lowest BCUT2D eigenvalue weighted by atomic mass is 9.99. The van der Waals surface area contributed by atoms with Gasteiger partial charge in [0.1, 0.15) is 0 Å². The van der Waals surface area contributed by atoms with Crippen LogP contribution in [0.4, 0.5) is 0 Å². The highest BCUT2D eigenvalue weighted by Gasteiger charge is 2.10. The molecule has 0 aliphatic carbocycles. The van der Waals surface area contributed by atoms with Gasteiger partial charge in [0.05, 0.1) is 5.71 Å². The lowest BCUT2D eigenvalue weighted by molar-refractivity contribution is 0.830. The molecule has 0 bridgehead atoms. The van der Waals surface area contributed by atoms with Crippen LogP contribution in [0, 0.1) is 13.8 Å². The number of hydrogen-bond donors (Lipinski definition) is 1. The molecule has 108 valence electrons. The van der Waals surface area contributed by atoms with Gasteiger partial charge in [0.15, 0.2) is 0 Å². The zero-order valence-electron chi connectivity index (χ0n) is 13.0. The van der Waals surface area contributed by atoms with E-state index in [0.29, 0.717) is 0 Å². The zero-order valence-corrected chi connectivity index (χ0v) is 13.9. The largest absolute Gasteiger partial charge is 0.315 e. The second-order valence-electron chi connectivity index (χ2n) is 4.61. The average molecular weight is 290 g/mol. The highest BCUT2D eigenvalue weighted by atomic mass is 32.1. The van der Waals surface area contributed by atoms with E-state index in [0.717, 1.165) is 33.3 Å². The van der Waals surface area contributed by atoms with Gasteiger partial charge in [-0.1, -0.05) is 13.8 Å². The van der Waals surface area contributed by atoms with Crippen molar-refractivity contribution in [2.24, 2.45) is 11.4 Å². The summed E-state index contributed by atoms with van der Waals surface area (Å²) in [6.07, 6.45) is 0. The first-order chi connectivity index (χ1) is 9.45. The van der Waals surface area contributed by atoms with E-state index in [1.165, 1.54) is 0 Å². The third-order valence-electron chi connectivity index (χ3n) is 3.28. The summed E-state index contributed by atoms with van der Waals surface area (Å²) in [5, 5.41) is 1.67. The highest BCUT2D eigenvalue weighted by Crippen LogP contribution is 2.20. The molecule has 0 N–H and O–H groups in total. The van der Waals surface area contributed by atoms with Crippen molar-refractivity contribution >= 4 is 29.3 Å². The Balaban J connectivity index is 0.000000956. The molecule has 0 saturated carbocycles. The molecule has 0 aliphatic heterocycles. The predicted octanol–water partition coefficient (Wildman–Crippen LogP) is 3.84. The maximum absolute atomic E-state index is 12.3. The fourth-order valence-corrected chi connectivity index (χ4v) is 2.24. The summed E-state index contributed by atoms with van der Waals surface area (Å²) in [5.74, 6) is 0. The first kappa shape index (κ1) is 16.5. The number of rotatable bonds is 1. The smallest absolute Gasteiger partial charge is 0.258 e. The minimum Gasteiger partial charge on any atom is -0.315 e.